The molecule has 0 saturated heterocycles. The molecule has 4 bridgehead atoms. The van der Waals surface area contributed by atoms with Crippen molar-refractivity contribution in [2.75, 3.05) is 0 Å². The fourth-order valence-electron chi connectivity index (χ4n) is 11.8. The van der Waals surface area contributed by atoms with E-state index in [2.05, 4.69) is 73.8 Å². The lowest BCUT2D eigenvalue weighted by molar-refractivity contribution is -0.142. The SMILES string of the molecule is CC(C)C[C@@H]1NC(=O)[C@H](CC(C)C)NC(=O)[C@H](CC(C)C)NC(=O)[C@H](CC(C)C)NC(=O)[C@H](CC(C)C)n2cc(nn2)C[C@@H](C(=O)O)NC(=O)[C@H](CC(C)C)NC(=O)[C@H](CC(C)C)NC(=O)[C@H](CC(C)C)NC(=O)[C@H](CC(C)C)NC(=O)[C@H](CC(C)C)n2cc(nn2)C[C@@H](C(=O)O)NC1=O. The van der Waals surface area contributed by atoms with Gasteiger partial charge in [0.05, 0.1) is 11.4 Å². The number of nitrogens with one attached hydrogen (secondary N) is 10. The lowest BCUT2D eigenvalue weighted by atomic mass is 9.97. The number of fused-ring (bicyclic) bond motifs is 4. The molecule has 3 rings (SSSR count). The van der Waals surface area contributed by atoms with Gasteiger partial charge in [0.25, 0.3) is 0 Å². The minimum absolute atomic E-state index is 0.0439. The lowest BCUT2D eigenvalue weighted by Crippen LogP contribution is -2.59. The summed E-state index contributed by atoms with van der Waals surface area (Å²) in [5.74, 6) is -12.0. The Morgan fingerprint density at radius 3 is 0.650 bits per heavy atom. The number of carboxylic acids is 2. The molecule has 30 heteroatoms. The van der Waals surface area contributed by atoms with E-state index < -0.39 is 156 Å². The van der Waals surface area contributed by atoms with Crippen molar-refractivity contribution in [2.24, 2.45) is 59.2 Å². The van der Waals surface area contributed by atoms with Gasteiger partial charge in [-0.1, -0.05) is 149 Å². The van der Waals surface area contributed by atoms with Crippen LogP contribution in [-0.4, -0.2) is 172 Å². The Kier molecular flexibility index (Phi) is 35.3. The fourth-order valence-corrected chi connectivity index (χ4v) is 11.8. The fraction of sp³-hybridized carbons (Fsp3) is 0.771. The van der Waals surface area contributed by atoms with Crippen LogP contribution >= 0.6 is 0 Å². The molecule has 0 radical (unpaired) electrons. The molecular weight excluding hydrogens is 1290 g/mol. The van der Waals surface area contributed by atoms with Crippen LogP contribution in [0.3, 0.4) is 0 Å². The topological polar surface area (TPSA) is 427 Å². The number of aromatic nitrogens is 6. The summed E-state index contributed by atoms with van der Waals surface area (Å²) in [5, 5.41) is 65.7. The van der Waals surface area contributed by atoms with Crippen molar-refractivity contribution >= 4 is 71.0 Å². The molecule has 0 saturated carbocycles. The van der Waals surface area contributed by atoms with E-state index >= 15 is 0 Å². The Bertz CT molecular complexity index is 2850. The van der Waals surface area contributed by atoms with Crippen molar-refractivity contribution in [2.45, 2.75) is 288 Å². The van der Waals surface area contributed by atoms with Gasteiger partial charge in [0, 0.05) is 25.2 Å². The predicted octanol–water partition coefficient (Wildman–Crippen LogP) is 4.23. The Morgan fingerprint density at radius 2 is 0.480 bits per heavy atom. The zero-order valence-corrected chi connectivity index (χ0v) is 62.8. The van der Waals surface area contributed by atoms with Gasteiger partial charge < -0.3 is 63.4 Å². The molecule has 3 heterocycles. The van der Waals surface area contributed by atoms with Crippen molar-refractivity contribution in [1.29, 1.82) is 0 Å². The number of amides is 10. The first-order valence-electron chi connectivity index (χ1n) is 35.8. The Morgan fingerprint density at radius 1 is 0.310 bits per heavy atom. The molecule has 0 fully saturated rings. The van der Waals surface area contributed by atoms with Gasteiger partial charge in [-0.05, 0) is 123 Å². The Balaban J connectivity index is 2.28. The van der Waals surface area contributed by atoms with E-state index in [-0.39, 0.29) is 135 Å². The van der Waals surface area contributed by atoms with Crippen LogP contribution in [-0.2, 0) is 70.4 Å². The summed E-state index contributed by atoms with van der Waals surface area (Å²) in [4.78, 5) is 171. The van der Waals surface area contributed by atoms with E-state index in [0.29, 0.717) is 0 Å². The summed E-state index contributed by atoms with van der Waals surface area (Å²) < 4.78 is 2.51. The number of carbonyl (C=O) groups excluding carboxylic acids is 10. The quantitative estimate of drug-likeness (QED) is 0.0784. The molecule has 10 amide bonds. The number of rotatable bonds is 22. The third kappa shape index (κ3) is 30.0. The molecule has 1 aliphatic heterocycles. The molecule has 0 aliphatic carbocycles. The molecule has 0 unspecified atom stereocenters. The number of hydrogen-bond donors (Lipinski definition) is 12. The normalized spacial score (nSPS) is 25.0. The first kappa shape index (κ1) is 86.1. The number of carbonyl (C=O) groups is 12. The van der Waals surface area contributed by atoms with Crippen LogP contribution in [0.5, 0.6) is 0 Å². The summed E-state index contributed by atoms with van der Waals surface area (Å²) in [6.45, 7) is 36.7. The van der Waals surface area contributed by atoms with Gasteiger partial charge >= 0.3 is 11.9 Å². The third-order valence-corrected chi connectivity index (χ3v) is 16.5. The predicted molar refractivity (Wildman–Crippen MR) is 375 cm³/mol. The molecule has 0 spiro atoms. The largest absolute Gasteiger partial charge is 0.480 e. The van der Waals surface area contributed by atoms with Gasteiger partial charge in [-0.2, -0.15) is 0 Å². The highest BCUT2D eigenvalue weighted by Crippen LogP contribution is 2.23. The van der Waals surface area contributed by atoms with E-state index in [9.17, 15) is 67.7 Å². The average molecular weight is 1410 g/mol. The monoisotopic (exact) mass is 1410 g/mol. The van der Waals surface area contributed by atoms with Gasteiger partial charge in [0.15, 0.2) is 0 Å². The highest BCUT2D eigenvalue weighted by molar-refractivity contribution is 5.98. The molecule has 12 atom stereocenters. The van der Waals surface area contributed by atoms with Crippen LogP contribution in [0.15, 0.2) is 12.4 Å². The lowest BCUT2D eigenvalue weighted by Gasteiger charge is -2.29. The van der Waals surface area contributed by atoms with E-state index in [1.165, 1.54) is 21.8 Å². The smallest absolute Gasteiger partial charge is 0.326 e. The second kappa shape index (κ2) is 41.0. The molecular formula is C70H120N16O14. The summed E-state index contributed by atoms with van der Waals surface area (Å²) in [5.41, 5.74) is 0.136. The summed E-state index contributed by atoms with van der Waals surface area (Å²) in [7, 11) is 0. The minimum Gasteiger partial charge on any atom is -0.480 e. The number of nitrogens with zero attached hydrogens (tertiary/aromatic N) is 6. The standard InChI is InChI=1S/C70H120N16O14/c1-35(2)21-47-61(89)75-51(25-39(9)10)65(93)79-55(69(97)98)31-45-33-85(83-81-45)58(30-44(19)20)68(96)78-54(28-42(15)16)64(92)74-50(24-38(7)8)60(88)72-48(22-36(3)4)62(90)76-52(26-40(11)12)66(94)80-56(70(99)100)32-46-34-86(84-82-46)57(29-43(17)18)67(95)77-53(27-41(13)14)63(91)73-49(23-37(5)6)59(87)71-47/h33-44,47-58H,21-32H2,1-20H3,(H,71,87)(H,72,88)(H,73,91)(H,74,92)(H,75,89)(H,76,90)(H,77,95)(H,78,96)(H,79,93)(H,80,94)(H,97,98)(H,99,100)/t47-,48-,49-,50-,51-,52-,53-,54-,55-,56-,57-,58-/m0/s1. The molecule has 12 N–H and O–H groups in total. The zero-order chi connectivity index (χ0) is 75.7. The third-order valence-electron chi connectivity index (χ3n) is 16.5. The summed E-state index contributed by atoms with van der Waals surface area (Å²) in [6.07, 6.45) is 2.94. The molecule has 100 heavy (non-hydrogen) atoms. The zero-order valence-electron chi connectivity index (χ0n) is 62.8. The van der Waals surface area contributed by atoms with E-state index in [1.54, 1.807) is 27.7 Å². The van der Waals surface area contributed by atoms with Crippen molar-refractivity contribution in [3.8, 4) is 0 Å². The van der Waals surface area contributed by atoms with Crippen LogP contribution in [0, 0.1) is 59.2 Å². The van der Waals surface area contributed by atoms with E-state index in [4.69, 9.17) is 0 Å². The summed E-state index contributed by atoms with van der Waals surface area (Å²) in [6, 6.07) is -15.5. The van der Waals surface area contributed by atoms with Gasteiger partial charge in [0.2, 0.25) is 59.1 Å². The Labute approximate surface area is 590 Å². The van der Waals surface area contributed by atoms with Crippen LogP contribution in [0.25, 0.3) is 0 Å². The molecule has 564 valence electrons. The van der Waals surface area contributed by atoms with Crippen molar-refractivity contribution in [3.05, 3.63) is 23.8 Å². The maximum atomic E-state index is 14.6. The van der Waals surface area contributed by atoms with Gasteiger partial charge in [-0.15, -0.1) is 10.2 Å². The molecule has 0 aromatic carbocycles. The first-order valence-corrected chi connectivity index (χ1v) is 35.8. The summed E-state index contributed by atoms with van der Waals surface area (Å²) >= 11 is 0. The first-order chi connectivity index (χ1) is 46.5. The van der Waals surface area contributed by atoms with Crippen LogP contribution in [0.1, 0.15) is 226 Å². The van der Waals surface area contributed by atoms with Gasteiger partial charge in [0.1, 0.15) is 72.5 Å². The molecule has 1 aliphatic rings. The second-order valence-electron chi connectivity index (χ2n) is 31.4. The van der Waals surface area contributed by atoms with Crippen molar-refractivity contribution < 1.29 is 67.7 Å². The maximum absolute atomic E-state index is 14.6. The van der Waals surface area contributed by atoms with E-state index in [0.717, 1.165) is 0 Å². The van der Waals surface area contributed by atoms with Crippen molar-refractivity contribution in [3.63, 3.8) is 0 Å². The van der Waals surface area contributed by atoms with Gasteiger partial charge in [-0.25, -0.2) is 19.0 Å². The maximum Gasteiger partial charge on any atom is 0.326 e. The van der Waals surface area contributed by atoms with Gasteiger partial charge in [-0.3, -0.25) is 47.9 Å². The van der Waals surface area contributed by atoms with Crippen molar-refractivity contribution in [1.82, 2.24) is 83.2 Å². The van der Waals surface area contributed by atoms with E-state index in [1.807, 2.05) is 111 Å². The number of carboxylic acid groups (broad SMARTS) is 2. The van der Waals surface area contributed by atoms with Crippen LogP contribution in [0.4, 0.5) is 0 Å². The number of aliphatic carboxylic acids is 2. The van der Waals surface area contributed by atoms with Crippen LogP contribution < -0.4 is 53.2 Å². The second-order valence-corrected chi connectivity index (χ2v) is 31.4. The minimum atomic E-state index is -1.63. The highest BCUT2D eigenvalue weighted by Gasteiger charge is 2.39. The molecule has 30 nitrogen and oxygen atoms in total. The van der Waals surface area contributed by atoms with Crippen LogP contribution in [0.2, 0.25) is 0 Å². The molecule has 2 aromatic heterocycles. The average Bonchev–Trinajstić information content (AvgIpc) is 1.58. The molecule has 2 aromatic rings. The Hall–Kier alpha value is -8.08. The highest BCUT2D eigenvalue weighted by atomic mass is 16.4. The number of hydrogen-bond acceptors (Lipinski definition) is 16.